The van der Waals surface area contributed by atoms with Crippen molar-refractivity contribution in [2.75, 3.05) is 6.54 Å². The van der Waals surface area contributed by atoms with Crippen LogP contribution in [0.4, 0.5) is 0 Å². The fraction of sp³-hybridized carbons (Fsp3) is 0.667. The summed E-state index contributed by atoms with van der Waals surface area (Å²) in [5.74, 6) is 0. The predicted octanol–water partition coefficient (Wildman–Crippen LogP) is 1.94. The summed E-state index contributed by atoms with van der Waals surface area (Å²) in [5.41, 5.74) is 4.28. The van der Waals surface area contributed by atoms with E-state index in [0.717, 1.165) is 12.6 Å². The van der Waals surface area contributed by atoms with Gasteiger partial charge in [-0.3, -0.25) is 0 Å². The average molecular weight is 192 g/mol. The first-order chi connectivity index (χ1) is 6.68. The Balaban J connectivity index is 1.90. The molecule has 1 saturated carbocycles. The van der Waals surface area contributed by atoms with Crippen molar-refractivity contribution in [1.82, 2.24) is 9.88 Å². The van der Waals surface area contributed by atoms with Gasteiger partial charge in [-0.1, -0.05) is 0 Å². The molecule has 1 aliphatic carbocycles. The van der Waals surface area contributed by atoms with E-state index in [1.807, 2.05) is 0 Å². The second-order valence-corrected chi connectivity index (χ2v) is 4.43. The molecule has 78 valence electrons. The van der Waals surface area contributed by atoms with E-state index >= 15 is 0 Å². The van der Waals surface area contributed by atoms with E-state index < -0.39 is 0 Å². The zero-order valence-corrected chi connectivity index (χ0v) is 9.43. The van der Waals surface area contributed by atoms with Gasteiger partial charge in [0.15, 0.2) is 0 Å². The Labute approximate surface area is 86.3 Å². The zero-order chi connectivity index (χ0) is 10.1. The average Bonchev–Trinajstić information content (AvgIpc) is 2.93. The lowest BCUT2D eigenvalue weighted by Crippen LogP contribution is -2.19. The van der Waals surface area contributed by atoms with Gasteiger partial charge in [0.25, 0.3) is 0 Å². The summed E-state index contributed by atoms with van der Waals surface area (Å²) in [6.07, 6.45) is 3.93. The van der Waals surface area contributed by atoms with Crippen LogP contribution in [0.15, 0.2) is 6.07 Å². The van der Waals surface area contributed by atoms with Crippen LogP contribution in [-0.4, -0.2) is 17.2 Å². The number of nitrogens with zero attached hydrogens (tertiary/aromatic N) is 1. The molecular formula is C12H20N2. The fourth-order valence-corrected chi connectivity index (χ4v) is 1.88. The third kappa shape index (κ3) is 2.01. The van der Waals surface area contributed by atoms with Crippen LogP contribution >= 0.6 is 0 Å². The van der Waals surface area contributed by atoms with Crippen LogP contribution in [0, 0.1) is 13.8 Å². The third-order valence-corrected chi connectivity index (χ3v) is 3.28. The topological polar surface area (TPSA) is 17.0 Å². The summed E-state index contributed by atoms with van der Waals surface area (Å²) in [5, 5.41) is 3.55. The van der Waals surface area contributed by atoms with Gasteiger partial charge in [0.1, 0.15) is 0 Å². The molecule has 0 saturated heterocycles. The van der Waals surface area contributed by atoms with Crippen LogP contribution < -0.4 is 5.32 Å². The molecule has 14 heavy (non-hydrogen) atoms. The lowest BCUT2D eigenvalue weighted by atomic mass is 10.2. The minimum atomic E-state index is 0.833. The van der Waals surface area contributed by atoms with Gasteiger partial charge >= 0.3 is 0 Å². The quantitative estimate of drug-likeness (QED) is 0.771. The smallest absolute Gasteiger partial charge is 0.0175 e. The molecule has 1 fully saturated rings. The number of rotatable bonds is 4. The van der Waals surface area contributed by atoms with Gasteiger partial charge in [-0.15, -0.1) is 0 Å². The monoisotopic (exact) mass is 192 g/mol. The van der Waals surface area contributed by atoms with Gasteiger partial charge in [-0.05, 0) is 51.3 Å². The maximum atomic E-state index is 3.55. The summed E-state index contributed by atoms with van der Waals surface area (Å²) >= 11 is 0. The first-order valence-corrected chi connectivity index (χ1v) is 5.53. The van der Waals surface area contributed by atoms with E-state index in [0.29, 0.717) is 0 Å². The summed E-state index contributed by atoms with van der Waals surface area (Å²) in [4.78, 5) is 0. The van der Waals surface area contributed by atoms with Crippen molar-refractivity contribution in [3.05, 3.63) is 23.0 Å². The number of nitrogens with one attached hydrogen (secondary N) is 1. The Morgan fingerprint density at radius 3 is 2.64 bits per heavy atom. The molecule has 1 aromatic rings. The van der Waals surface area contributed by atoms with Crippen LogP contribution in [0.25, 0.3) is 0 Å². The van der Waals surface area contributed by atoms with Crippen molar-refractivity contribution >= 4 is 0 Å². The molecule has 1 heterocycles. The Morgan fingerprint density at radius 2 is 2.14 bits per heavy atom. The number of hydrogen-bond donors (Lipinski definition) is 1. The molecule has 0 spiro atoms. The first-order valence-electron chi connectivity index (χ1n) is 5.53. The van der Waals surface area contributed by atoms with Crippen LogP contribution in [0.1, 0.15) is 29.8 Å². The highest BCUT2D eigenvalue weighted by Gasteiger charge is 2.19. The molecule has 1 N–H and O–H groups in total. The van der Waals surface area contributed by atoms with Crippen molar-refractivity contribution < 1.29 is 0 Å². The summed E-state index contributed by atoms with van der Waals surface area (Å²) in [6, 6.07) is 3.14. The van der Waals surface area contributed by atoms with Gasteiger partial charge in [0.2, 0.25) is 0 Å². The molecule has 0 bridgehead atoms. The van der Waals surface area contributed by atoms with Gasteiger partial charge in [0.05, 0.1) is 0 Å². The third-order valence-electron chi connectivity index (χ3n) is 3.28. The van der Waals surface area contributed by atoms with Crippen LogP contribution in [0.5, 0.6) is 0 Å². The van der Waals surface area contributed by atoms with E-state index in [-0.39, 0.29) is 0 Å². The molecule has 0 radical (unpaired) electrons. The number of aromatic nitrogens is 1. The zero-order valence-electron chi connectivity index (χ0n) is 9.43. The summed E-state index contributed by atoms with van der Waals surface area (Å²) in [7, 11) is 2.14. The summed E-state index contributed by atoms with van der Waals surface area (Å²) in [6.45, 7) is 5.51. The largest absolute Gasteiger partial charge is 0.352 e. The van der Waals surface area contributed by atoms with Crippen LogP contribution in [0.2, 0.25) is 0 Å². The van der Waals surface area contributed by atoms with Crippen molar-refractivity contribution in [2.24, 2.45) is 7.05 Å². The standard InChI is InChI=1S/C12H20N2/c1-9-8-11(10(2)14(9)3)6-7-13-12-4-5-12/h8,12-13H,4-7H2,1-3H3. The minimum absolute atomic E-state index is 0.833. The second kappa shape index (κ2) is 3.77. The second-order valence-electron chi connectivity index (χ2n) is 4.43. The van der Waals surface area contributed by atoms with E-state index in [1.165, 1.54) is 36.2 Å². The van der Waals surface area contributed by atoms with Gasteiger partial charge in [-0.25, -0.2) is 0 Å². The summed E-state index contributed by atoms with van der Waals surface area (Å²) < 4.78 is 2.27. The van der Waals surface area contributed by atoms with Gasteiger partial charge in [-0.2, -0.15) is 0 Å². The molecular weight excluding hydrogens is 172 g/mol. The predicted molar refractivity (Wildman–Crippen MR) is 59.6 cm³/mol. The fourth-order valence-electron chi connectivity index (χ4n) is 1.88. The molecule has 2 nitrogen and oxygen atoms in total. The maximum absolute atomic E-state index is 3.55. The van der Waals surface area contributed by atoms with Gasteiger partial charge in [0, 0.05) is 24.5 Å². The SMILES string of the molecule is Cc1cc(CCNC2CC2)c(C)n1C. The highest BCUT2D eigenvalue weighted by molar-refractivity contribution is 5.26. The van der Waals surface area contributed by atoms with Crippen molar-refractivity contribution in [2.45, 2.75) is 39.2 Å². The molecule has 1 aromatic heterocycles. The highest BCUT2D eigenvalue weighted by Crippen LogP contribution is 2.19. The van der Waals surface area contributed by atoms with Crippen molar-refractivity contribution in [3.8, 4) is 0 Å². The van der Waals surface area contributed by atoms with Crippen molar-refractivity contribution in [3.63, 3.8) is 0 Å². The Kier molecular flexibility index (Phi) is 2.64. The Bertz CT molecular complexity index is 321. The molecule has 0 aromatic carbocycles. The van der Waals surface area contributed by atoms with Crippen LogP contribution in [0.3, 0.4) is 0 Å². The molecule has 0 aliphatic heterocycles. The van der Waals surface area contributed by atoms with E-state index in [4.69, 9.17) is 0 Å². The van der Waals surface area contributed by atoms with Crippen LogP contribution in [-0.2, 0) is 13.5 Å². The Hall–Kier alpha value is -0.760. The van der Waals surface area contributed by atoms with E-state index in [9.17, 15) is 0 Å². The van der Waals surface area contributed by atoms with Crippen molar-refractivity contribution in [1.29, 1.82) is 0 Å². The molecule has 0 amide bonds. The number of hydrogen-bond acceptors (Lipinski definition) is 1. The van der Waals surface area contributed by atoms with E-state index in [2.05, 4.69) is 36.8 Å². The Morgan fingerprint density at radius 1 is 1.43 bits per heavy atom. The van der Waals surface area contributed by atoms with E-state index in [1.54, 1.807) is 0 Å². The number of aryl methyl sites for hydroxylation is 1. The molecule has 1 aliphatic rings. The molecule has 2 rings (SSSR count). The molecule has 2 heteroatoms. The normalized spacial score (nSPS) is 16.2. The molecule has 0 unspecified atom stereocenters. The highest BCUT2D eigenvalue weighted by atomic mass is 15.0. The molecule has 0 atom stereocenters. The van der Waals surface area contributed by atoms with Gasteiger partial charge < -0.3 is 9.88 Å². The maximum Gasteiger partial charge on any atom is 0.0175 e. The lowest BCUT2D eigenvalue weighted by molar-refractivity contribution is 0.679. The lowest BCUT2D eigenvalue weighted by Gasteiger charge is -2.03. The minimum Gasteiger partial charge on any atom is -0.352 e. The first kappa shape index (κ1) is 9.78.